The van der Waals surface area contributed by atoms with E-state index < -0.39 is 11.7 Å². The summed E-state index contributed by atoms with van der Waals surface area (Å²) in [5.74, 6) is 0.814. The molecule has 0 saturated heterocycles. The van der Waals surface area contributed by atoms with Gasteiger partial charge in [0.15, 0.2) is 5.82 Å². The van der Waals surface area contributed by atoms with Gasteiger partial charge in [-0.3, -0.25) is 0 Å². The summed E-state index contributed by atoms with van der Waals surface area (Å²) in [6, 6.07) is 4.81. The van der Waals surface area contributed by atoms with Gasteiger partial charge in [0.2, 0.25) is 0 Å². The number of nitrogens with zero attached hydrogens (tertiary/aromatic N) is 2. The van der Waals surface area contributed by atoms with Crippen LogP contribution in [0.4, 0.5) is 13.2 Å². The van der Waals surface area contributed by atoms with Crippen molar-refractivity contribution in [1.29, 1.82) is 0 Å². The molecular weight excluding hydrogens is 245 g/mol. The molecule has 3 nitrogen and oxygen atoms in total. The Morgan fingerprint density at radius 3 is 2.28 bits per heavy atom. The molecule has 0 N–H and O–H groups in total. The van der Waals surface area contributed by atoms with Crippen LogP contribution in [-0.4, -0.2) is 10.1 Å². The number of rotatable bonds is 2. The van der Waals surface area contributed by atoms with E-state index in [0.29, 0.717) is 17.3 Å². The molecule has 0 aliphatic heterocycles. The van der Waals surface area contributed by atoms with E-state index in [1.165, 1.54) is 12.1 Å². The maximum Gasteiger partial charge on any atom is 0.416 e. The molecular formula is C12H9F3N2O. The summed E-state index contributed by atoms with van der Waals surface area (Å²) in [7, 11) is 0. The fraction of sp³-hybridized carbons (Fsp3) is 0.167. The Morgan fingerprint density at radius 2 is 1.78 bits per heavy atom. The maximum absolute atomic E-state index is 12.3. The number of aryl methyl sites for hydroxylation is 1. The summed E-state index contributed by atoms with van der Waals surface area (Å²) in [6.45, 7) is 1.68. The van der Waals surface area contributed by atoms with Gasteiger partial charge in [-0.05, 0) is 30.7 Å². The monoisotopic (exact) mass is 254 g/mol. The molecule has 94 valence electrons. The Bertz CT molecular complexity index is 555. The van der Waals surface area contributed by atoms with Crippen molar-refractivity contribution < 1.29 is 17.7 Å². The van der Waals surface area contributed by atoms with E-state index in [1.54, 1.807) is 19.1 Å². The molecule has 2 aromatic rings. The number of hydrogen-bond acceptors (Lipinski definition) is 3. The second-order valence-electron chi connectivity index (χ2n) is 3.63. The third kappa shape index (κ3) is 2.97. The summed E-state index contributed by atoms with van der Waals surface area (Å²) < 4.78 is 41.8. The molecule has 0 aliphatic carbocycles. The van der Waals surface area contributed by atoms with E-state index in [9.17, 15) is 13.2 Å². The minimum Gasteiger partial charge on any atom is -0.335 e. The molecule has 18 heavy (non-hydrogen) atoms. The lowest BCUT2D eigenvalue weighted by Crippen LogP contribution is -2.03. The van der Waals surface area contributed by atoms with Crippen LogP contribution in [0, 0.1) is 6.92 Å². The molecule has 1 aromatic carbocycles. The molecule has 2 rings (SSSR count). The minimum atomic E-state index is -4.31. The van der Waals surface area contributed by atoms with Gasteiger partial charge in [0.05, 0.1) is 5.56 Å². The van der Waals surface area contributed by atoms with E-state index in [0.717, 1.165) is 12.1 Å². The highest BCUT2D eigenvalue weighted by Crippen LogP contribution is 2.29. The topological polar surface area (TPSA) is 38.9 Å². The summed E-state index contributed by atoms with van der Waals surface area (Å²) in [4.78, 5) is 3.94. The van der Waals surface area contributed by atoms with Gasteiger partial charge in [-0.2, -0.15) is 18.2 Å². The fourth-order valence-electron chi connectivity index (χ4n) is 1.33. The van der Waals surface area contributed by atoms with Crippen molar-refractivity contribution in [2.45, 2.75) is 13.1 Å². The SMILES string of the molecule is Cc1noc(C=Cc2ccc(C(F)(F)F)cc2)n1. The number of halogens is 3. The quantitative estimate of drug-likeness (QED) is 0.822. The largest absolute Gasteiger partial charge is 0.416 e. The normalized spacial score (nSPS) is 12.2. The summed E-state index contributed by atoms with van der Waals surface area (Å²) >= 11 is 0. The van der Waals surface area contributed by atoms with E-state index in [4.69, 9.17) is 4.52 Å². The third-order valence-corrected chi connectivity index (χ3v) is 2.20. The Hall–Kier alpha value is -2.11. The van der Waals surface area contributed by atoms with Gasteiger partial charge in [-0.1, -0.05) is 17.3 Å². The Morgan fingerprint density at radius 1 is 1.11 bits per heavy atom. The van der Waals surface area contributed by atoms with Crippen LogP contribution >= 0.6 is 0 Å². The third-order valence-electron chi connectivity index (χ3n) is 2.20. The standard InChI is InChI=1S/C12H9F3N2O/c1-8-16-11(18-17-8)7-4-9-2-5-10(6-3-9)12(13,14)15/h2-7H,1H3. The van der Waals surface area contributed by atoms with Crippen LogP contribution in [0.3, 0.4) is 0 Å². The Kier molecular flexibility index (Phi) is 3.18. The molecule has 0 saturated carbocycles. The predicted octanol–water partition coefficient (Wildman–Crippen LogP) is 3.57. The van der Waals surface area contributed by atoms with Gasteiger partial charge in [0, 0.05) is 6.08 Å². The number of hydrogen-bond donors (Lipinski definition) is 0. The van der Waals surface area contributed by atoms with Crippen LogP contribution in [0.1, 0.15) is 22.8 Å². The van der Waals surface area contributed by atoms with Crippen LogP contribution in [0.25, 0.3) is 12.2 Å². The lowest BCUT2D eigenvalue weighted by atomic mass is 10.1. The summed E-state index contributed by atoms with van der Waals surface area (Å²) in [6.07, 6.45) is -1.17. The first-order valence-electron chi connectivity index (χ1n) is 5.11. The molecule has 0 unspecified atom stereocenters. The molecule has 0 aliphatic rings. The zero-order valence-corrected chi connectivity index (χ0v) is 9.40. The number of alkyl halides is 3. The van der Waals surface area contributed by atoms with E-state index in [2.05, 4.69) is 10.1 Å². The van der Waals surface area contributed by atoms with Gasteiger partial charge in [-0.25, -0.2) is 0 Å². The maximum atomic E-state index is 12.3. The van der Waals surface area contributed by atoms with Crippen LogP contribution in [0.5, 0.6) is 0 Å². The number of benzene rings is 1. The highest BCUT2D eigenvalue weighted by molar-refractivity contribution is 5.66. The smallest absolute Gasteiger partial charge is 0.335 e. The van der Waals surface area contributed by atoms with Gasteiger partial charge < -0.3 is 4.52 Å². The molecule has 1 aromatic heterocycles. The van der Waals surface area contributed by atoms with Crippen molar-refractivity contribution in [2.24, 2.45) is 0 Å². The average Bonchev–Trinajstić information content (AvgIpc) is 2.72. The predicted molar refractivity (Wildman–Crippen MR) is 59.4 cm³/mol. The molecule has 0 amide bonds. The van der Waals surface area contributed by atoms with Gasteiger partial charge >= 0.3 is 6.18 Å². The van der Waals surface area contributed by atoms with Crippen molar-refractivity contribution in [1.82, 2.24) is 10.1 Å². The van der Waals surface area contributed by atoms with E-state index in [-0.39, 0.29) is 0 Å². The first kappa shape index (κ1) is 12.3. The van der Waals surface area contributed by atoms with Crippen LogP contribution < -0.4 is 0 Å². The molecule has 0 fully saturated rings. The van der Waals surface area contributed by atoms with Gasteiger partial charge in [-0.15, -0.1) is 0 Å². The molecule has 0 radical (unpaired) electrons. The van der Waals surface area contributed by atoms with Crippen LogP contribution in [0.15, 0.2) is 28.8 Å². The molecule has 0 bridgehead atoms. The number of aromatic nitrogens is 2. The fourth-order valence-corrected chi connectivity index (χ4v) is 1.33. The van der Waals surface area contributed by atoms with Crippen LogP contribution in [0.2, 0.25) is 0 Å². The van der Waals surface area contributed by atoms with Crippen LogP contribution in [-0.2, 0) is 6.18 Å². The van der Waals surface area contributed by atoms with Crippen molar-refractivity contribution in [2.75, 3.05) is 0 Å². The van der Waals surface area contributed by atoms with Crippen molar-refractivity contribution in [3.8, 4) is 0 Å². The van der Waals surface area contributed by atoms with Crippen molar-refractivity contribution in [3.05, 3.63) is 47.1 Å². The summed E-state index contributed by atoms with van der Waals surface area (Å²) in [5.41, 5.74) is -0.0489. The first-order valence-corrected chi connectivity index (χ1v) is 5.11. The summed E-state index contributed by atoms with van der Waals surface area (Å²) in [5, 5.41) is 3.59. The Balaban J connectivity index is 2.13. The lowest BCUT2D eigenvalue weighted by molar-refractivity contribution is -0.137. The van der Waals surface area contributed by atoms with Crippen molar-refractivity contribution >= 4 is 12.2 Å². The second-order valence-corrected chi connectivity index (χ2v) is 3.63. The molecule has 0 spiro atoms. The molecule has 1 heterocycles. The van der Waals surface area contributed by atoms with Gasteiger partial charge in [0.25, 0.3) is 5.89 Å². The Labute approximate surface area is 101 Å². The second kappa shape index (κ2) is 4.64. The highest BCUT2D eigenvalue weighted by Gasteiger charge is 2.29. The lowest BCUT2D eigenvalue weighted by Gasteiger charge is -2.05. The zero-order valence-electron chi connectivity index (χ0n) is 9.40. The van der Waals surface area contributed by atoms with E-state index in [1.807, 2.05) is 0 Å². The minimum absolute atomic E-state index is 0.312. The average molecular weight is 254 g/mol. The zero-order chi connectivity index (χ0) is 13.2. The highest BCUT2D eigenvalue weighted by atomic mass is 19.4. The van der Waals surface area contributed by atoms with E-state index >= 15 is 0 Å². The van der Waals surface area contributed by atoms with Crippen molar-refractivity contribution in [3.63, 3.8) is 0 Å². The van der Waals surface area contributed by atoms with Gasteiger partial charge in [0.1, 0.15) is 0 Å². The molecule has 6 heteroatoms. The molecule has 0 atom stereocenters. The first-order chi connectivity index (χ1) is 8.45.